The zero-order chi connectivity index (χ0) is 19.1. The third-order valence-electron chi connectivity index (χ3n) is 4.06. The maximum absolute atomic E-state index is 8.99. The second kappa shape index (κ2) is 8.51. The minimum Gasteiger partial charge on any atom is -0.487 e. The van der Waals surface area contributed by atoms with Crippen molar-refractivity contribution in [1.82, 2.24) is 4.98 Å². The summed E-state index contributed by atoms with van der Waals surface area (Å²) in [5, 5.41) is 21.1. The number of hydrogen-bond acceptors (Lipinski definition) is 5. The molecule has 0 radical (unpaired) electrons. The third kappa shape index (κ3) is 4.84. The van der Waals surface area contributed by atoms with Crippen molar-refractivity contribution in [2.75, 3.05) is 5.32 Å². The van der Waals surface area contributed by atoms with Crippen LogP contribution >= 0.6 is 0 Å². The second-order valence-electron chi connectivity index (χ2n) is 6.07. The van der Waals surface area contributed by atoms with Crippen LogP contribution in [-0.4, -0.2) is 4.98 Å². The number of benzene rings is 2. The van der Waals surface area contributed by atoms with E-state index < -0.39 is 0 Å². The predicted octanol–water partition coefficient (Wildman–Crippen LogP) is 4.32. The van der Waals surface area contributed by atoms with E-state index in [9.17, 15) is 0 Å². The second-order valence-corrected chi connectivity index (χ2v) is 6.07. The molecule has 1 heterocycles. The van der Waals surface area contributed by atoms with Gasteiger partial charge in [-0.25, -0.2) is 0 Å². The van der Waals surface area contributed by atoms with E-state index in [-0.39, 0.29) is 0 Å². The molecule has 5 heteroatoms. The Bertz CT molecular complexity index is 1010. The smallest absolute Gasteiger partial charge is 0.141 e. The highest BCUT2D eigenvalue weighted by Gasteiger charge is 2.05. The van der Waals surface area contributed by atoms with Crippen LogP contribution in [0.2, 0.25) is 0 Å². The highest BCUT2D eigenvalue weighted by atomic mass is 16.5. The van der Waals surface area contributed by atoms with Gasteiger partial charge in [-0.05, 0) is 60.5 Å². The molecule has 132 valence electrons. The summed E-state index contributed by atoms with van der Waals surface area (Å²) in [6.45, 7) is 2.88. The summed E-state index contributed by atoms with van der Waals surface area (Å²) in [6, 6.07) is 20.9. The number of ether oxygens (including phenoxy) is 1. The SMILES string of the molecule is Cc1ncc(CNc2ccc(C#N)cc2)cc1OCc1cccc(C#N)c1. The maximum atomic E-state index is 8.99. The van der Waals surface area contributed by atoms with Crippen molar-refractivity contribution in [2.24, 2.45) is 0 Å². The quantitative estimate of drug-likeness (QED) is 0.713. The standard InChI is InChI=1S/C22H18N4O/c1-16-22(27-15-19-4-2-3-18(9-19)12-24)10-20(13-25-16)14-26-21-7-5-17(11-23)6-8-21/h2-10,13,26H,14-15H2,1H3. The molecule has 0 saturated heterocycles. The highest BCUT2D eigenvalue weighted by molar-refractivity contribution is 5.47. The molecule has 5 nitrogen and oxygen atoms in total. The molecule has 0 bridgehead atoms. The molecule has 27 heavy (non-hydrogen) atoms. The molecule has 0 amide bonds. The summed E-state index contributed by atoms with van der Waals surface area (Å²) >= 11 is 0. The molecular weight excluding hydrogens is 336 g/mol. The molecule has 0 atom stereocenters. The van der Waals surface area contributed by atoms with Crippen LogP contribution in [0.1, 0.15) is 27.9 Å². The van der Waals surface area contributed by atoms with Crippen LogP contribution in [-0.2, 0) is 13.2 Å². The predicted molar refractivity (Wildman–Crippen MR) is 103 cm³/mol. The Labute approximate surface area is 158 Å². The monoisotopic (exact) mass is 354 g/mol. The first-order valence-electron chi connectivity index (χ1n) is 8.49. The molecule has 1 N–H and O–H groups in total. The number of pyridine rings is 1. The molecule has 0 aliphatic carbocycles. The van der Waals surface area contributed by atoms with Crippen molar-refractivity contribution in [3.05, 3.63) is 88.7 Å². The average Bonchev–Trinajstić information content (AvgIpc) is 2.72. The van der Waals surface area contributed by atoms with Crippen molar-refractivity contribution in [2.45, 2.75) is 20.1 Å². The van der Waals surface area contributed by atoms with Gasteiger partial charge >= 0.3 is 0 Å². The Morgan fingerprint density at radius 3 is 2.48 bits per heavy atom. The Morgan fingerprint density at radius 1 is 0.963 bits per heavy atom. The van der Waals surface area contributed by atoms with Crippen molar-refractivity contribution in [3.8, 4) is 17.9 Å². The molecule has 0 aliphatic heterocycles. The molecule has 0 aliphatic rings. The van der Waals surface area contributed by atoms with E-state index in [1.807, 2.05) is 49.5 Å². The summed E-state index contributed by atoms with van der Waals surface area (Å²) in [7, 11) is 0. The fourth-order valence-corrected chi connectivity index (χ4v) is 2.55. The number of nitrogens with zero attached hydrogens (tertiary/aromatic N) is 3. The first-order chi connectivity index (χ1) is 13.2. The Morgan fingerprint density at radius 2 is 1.74 bits per heavy atom. The van der Waals surface area contributed by atoms with Crippen LogP contribution in [0.15, 0.2) is 60.8 Å². The van der Waals surface area contributed by atoms with Gasteiger partial charge in [0.25, 0.3) is 0 Å². The topological polar surface area (TPSA) is 81.7 Å². The molecule has 3 rings (SSSR count). The summed E-state index contributed by atoms with van der Waals surface area (Å²) in [5.74, 6) is 0.719. The van der Waals surface area contributed by atoms with Crippen LogP contribution in [0.5, 0.6) is 5.75 Å². The van der Waals surface area contributed by atoms with Gasteiger partial charge in [-0.3, -0.25) is 4.98 Å². The van der Waals surface area contributed by atoms with Crippen LogP contribution in [0.3, 0.4) is 0 Å². The number of aromatic nitrogens is 1. The average molecular weight is 354 g/mol. The number of anilines is 1. The molecule has 2 aromatic carbocycles. The van der Waals surface area contributed by atoms with Gasteiger partial charge in [-0.15, -0.1) is 0 Å². The molecule has 0 spiro atoms. The van der Waals surface area contributed by atoms with Gasteiger partial charge in [-0.1, -0.05) is 12.1 Å². The van der Waals surface area contributed by atoms with Crippen molar-refractivity contribution in [1.29, 1.82) is 10.5 Å². The fourth-order valence-electron chi connectivity index (χ4n) is 2.55. The lowest BCUT2D eigenvalue weighted by molar-refractivity contribution is 0.302. The van der Waals surface area contributed by atoms with Gasteiger partial charge in [0.15, 0.2) is 0 Å². The Balaban J connectivity index is 1.64. The van der Waals surface area contributed by atoms with E-state index in [2.05, 4.69) is 22.4 Å². The van der Waals surface area contributed by atoms with Crippen molar-refractivity contribution >= 4 is 5.69 Å². The molecule has 1 aromatic heterocycles. The van der Waals surface area contributed by atoms with Gasteiger partial charge in [0.1, 0.15) is 12.4 Å². The summed E-state index contributed by atoms with van der Waals surface area (Å²) < 4.78 is 5.91. The van der Waals surface area contributed by atoms with E-state index in [0.29, 0.717) is 24.3 Å². The normalized spacial score (nSPS) is 9.89. The molecule has 0 unspecified atom stereocenters. The summed E-state index contributed by atoms with van der Waals surface area (Å²) in [4.78, 5) is 4.40. The van der Waals surface area contributed by atoms with Gasteiger partial charge in [0, 0.05) is 18.4 Å². The van der Waals surface area contributed by atoms with Gasteiger partial charge in [-0.2, -0.15) is 10.5 Å². The van der Waals surface area contributed by atoms with Crippen LogP contribution < -0.4 is 10.1 Å². The van der Waals surface area contributed by atoms with Crippen LogP contribution in [0, 0.1) is 29.6 Å². The van der Waals surface area contributed by atoms with E-state index in [1.54, 1.807) is 18.2 Å². The van der Waals surface area contributed by atoms with Gasteiger partial charge in [0.2, 0.25) is 0 Å². The van der Waals surface area contributed by atoms with E-state index >= 15 is 0 Å². The van der Waals surface area contributed by atoms with Gasteiger partial charge in [0.05, 0.1) is 29.0 Å². The molecular formula is C22H18N4O. The minimum absolute atomic E-state index is 0.380. The maximum Gasteiger partial charge on any atom is 0.141 e. The minimum atomic E-state index is 0.380. The number of rotatable bonds is 6. The lowest BCUT2D eigenvalue weighted by atomic mass is 10.1. The molecule has 0 fully saturated rings. The third-order valence-corrected chi connectivity index (χ3v) is 4.06. The Hall–Kier alpha value is -3.83. The van der Waals surface area contributed by atoms with E-state index in [4.69, 9.17) is 15.3 Å². The van der Waals surface area contributed by atoms with Crippen LogP contribution in [0.25, 0.3) is 0 Å². The summed E-state index contributed by atoms with van der Waals surface area (Å²) in [6.07, 6.45) is 1.81. The van der Waals surface area contributed by atoms with Crippen molar-refractivity contribution in [3.63, 3.8) is 0 Å². The molecule has 3 aromatic rings. The zero-order valence-corrected chi connectivity index (χ0v) is 14.9. The fraction of sp³-hybridized carbons (Fsp3) is 0.136. The number of nitrogens with one attached hydrogen (secondary N) is 1. The van der Waals surface area contributed by atoms with Crippen molar-refractivity contribution < 1.29 is 4.74 Å². The largest absolute Gasteiger partial charge is 0.487 e. The first-order valence-corrected chi connectivity index (χ1v) is 8.49. The highest BCUT2D eigenvalue weighted by Crippen LogP contribution is 2.20. The number of hydrogen-bond donors (Lipinski definition) is 1. The lowest BCUT2D eigenvalue weighted by Crippen LogP contribution is -2.03. The number of aryl methyl sites for hydroxylation is 1. The van der Waals surface area contributed by atoms with Crippen LogP contribution in [0.4, 0.5) is 5.69 Å². The number of nitriles is 2. The first kappa shape index (κ1) is 18.0. The van der Waals surface area contributed by atoms with E-state index in [0.717, 1.165) is 28.3 Å². The lowest BCUT2D eigenvalue weighted by Gasteiger charge is -2.12. The molecule has 0 saturated carbocycles. The Kier molecular flexibility index (Phi) is 5.67. The summed E-state index contributed by atoms with van der Waals surface area (Å²) in [5.41, 5.74) is 4.93. The van der Waals surface area contributed by atoms with Gasteiger partial charge < -0.3 is 10.1 Å². The van der Waals surface area contributed by atoms with E-state index in [1.165, 1.54) is 0 Å². The zero-order valence-electron chi connectivity index (χ0n) is 14.9.